The van der Waals surface area contributed by atoms with E-state index >= 15 is 0 Å². The van der Waals surface area contributed by atoms with Crippen LogP contribution in [-0.2, 0) is 22.4 Å². The quantitative estimate of drug-likeness (QED) is 0.479. The second kappa shape index (κ2) is 8.53. The summed E-state index contributed by atoms with van der Waals surface area (Å²) in [6, 6.07) is 0. The number of esters is 1. The zero-order valence-electron chi connectivity index (χ0n) is 12.9. The van der Waals surface area contributed by atoms with E-state index in [2.05, 4.69) is 5.32 Å². The van der Waals surface area contributed by atoms with Gasteiger partial charge < -0.3 is 10.1 Å². The predicted molar refractivity (Wildman–Crippen MR) is 90.1 cm³/mol. The van der Waals surface area contributed by atoms with Gasteiger partial charge in [0.1, 0.15) is 5.00 Å². The number of alkyl halides is 1. The third-order valence-electron chi connectivity index (χ3n) is 3.69. The highest BCUT2D eigenvalue weighted by Gasteiger charge is 2.26. The Bertz CT molecular complexity index is 542. The number of nitrogens with one attached hydrogen (secondary N) is 1. The van der Waals surface area contributed by atoms with E-state index in [1.54, 1.807) is 6.92 Å². The highest BCUT2D eigenvalue weighted by atomic mass is 35.5. The number of hydrogen-bond donors (Lipinski definition) is 1. The maximum absolute atomic E-state index is 12.3. The van der Waals surface area contributed by atoms with Gasteiger partial charge in [0.05, 0.1) is 12.2 Å². The Morgan fingerprint density at radius 1 is 1.27 bits per heavy atom. The van der Waals surface area contributed by atoms with E-state index in [0.29, 0.717) is 35.9 Å². The first-order valence-corrected chi connectivity index (χ1v) is 9.20. The highest BCUT2D eigenvalue weighted by molar-refractivity contribution is 7.17. The molecule has 2 rings (SSSR count). The molecule has 0 radical (unpaired) electrons. The summed E-state index contributed by atoms with van der Waals surface area (Å²) < 4.78 is 5.19. The number of hydrogen-bond acceptors (Lipinski definition) is 4. The molecule has 22 heavy (non-hydrogen) atoms. The summed E-state index contributed by atoms with van der Waals surface area (Å²) in [5.74, 6) is 0.0381. The molecule has 0 fully saturated rings. The molecule has 0 spiro atoms. The molecule has 122 valence electrons. The van der Waals surface area contributed by atoms with Gasteiger partial charge >= 0.3 is 5.97 Å². The molecule has 0 bridgehead atoms. The molecule has 0 aliphatic heterocycles. The average Bonchev–Trinajstić information content (AvgIpc) is 2.67. The summed E-state index contributed by atoms with van der Waals surface area (Å²) in [6.07, 6.45) is 6.26. The first kappa shape index (κ1) is 17.3. The molecule has 0 aromatic carbocycles. The van der Waals surface area contributed by atoms with E-state index in [1.165, 1.54) is 22.6 Å². The number of rotatable bonds is 6. The van der Waals surface area contributed by atoms with E-state index in [-0.39, 0.29) is 11.9 Å². The first-order valence-electron chi connectivity index (χ1n) is 7.84. The lowest BCUT2D eigenvalue weighted by Crippen LogP contribution is -2.15. The van der Waals surface area contributed by atoms with Gasteiger partial charge in [0.15, 0.2) is 0 Å². The summed E-state index contributed by atoms with van der Waals surface area (Å²) >= 11 is 7.15. The van der Waals surface area contributed by atoms with Crippen molar-refractivity contribution < 1.29 is 14.3 Å². The fraction of sp³-hybridized carbons (Fsp3) is 0.625. The molecule has 6 heteroatoms. The molecule has 1 N–H and O–H groups in total. The number of aryl methyl sites for hydroxylation is 1. The lowest BCUT2D eigenvalue weighted by molar-refractivity contribution is -0.116. The van der Waals surface area contributed by atoms with Crippen LogP contribution in [0.3, 0.4) is 0 Å². The van der Waals surface area contributed by atoms with Crippen LogP contribution in [0.2, 0.25) is 0 Å². The van der Waals surface area contributed by atoms with Crippen molar-refractivity contribution in [3.05, 3.63) is 16.0 Å². The van der Waals surface area contributed by atoms with E-state index in [9.17, 15) is 9.59 Å². The second-order valence-electron chi connectivity index (χ2n) is 5.33. The van der Waals surface area contributed by atoms with Crippen molar-refractivity contribution in [1.82, 2.24) is 0 Å². The van der Waals surface area contributed by atoms with Crippen molar-refractivity contribution in [3.8, 4) is 0 Å². The summed E-state index contributed by atoms with van der Waals surface area (Å²) in [6.45, 7) is 2.13. The van der Waals surface area contributed by atoms with Gasteiger partial charge in [-0.3, -0.25) is 4.79 Å². The standard InChI is InChI=1S/C16H22ClNO3S/c1-2-21-16(20)14-11-7-4-3-5-8-12(11)22-15(14)18-13(19)9-6-10-17/h2-10H2,1H3,(H,18,19). The van der Waals surface area contributed by atoms with Crippen LogP contribution in [0.4, 0.5) is 5.00 Å². The maximum atomic E-state index is 12.3. The Hall–Kier alpha value is -1.07. The van der Waals surface area contributed by atoms with Crippen LogP contribution in [0.25, 0.3) is 0 Å². The molecule has 0 unspecified atom stereocenters. The number of carbonyl (C=O) groups excluding carboxylic acids is 2. The number of anilines is 1. The molecule has 1 heterocycles. The summed E-state index contributed by atoms with van der Waals surface area (Å²) in [7, 11) is 0. The van der Waals surface area contributed by atoms with Gasteiger partial charge in [0.25, 0.3) is 0 Å². The smallest absolute Gasteiger partial charge is 0.341 e. The largest absolute Gasteiger partial charge is 0.462 e. The van der Waals surface area contributed by atoms with Crippen molar-refractivity contribution in [2.45, 2.75) is 51.9 Å². The summed E-state index contributed by atoms with van der Waals surface area (Å²) in [5, 5.41) is 3.53. The van der Waals surface area contributed by atoms with Crippen LogP contribution in [0.15, 0.2) is 0 Å². The topological polar surface area (TPSA) is 55.4 Å². The first-order chi connectivity index (χ1) is 10.7. The van der Waals surface area contributed by atoms with Gasteiger partial charge in [-0.2, -0.15) is 0 Å². The highest BCUT2D eigenvalue weighted by Crippen LogP contribution is 2.38. The van der Waals surface area contributed by atoms with E-state index in [4.69, 9.17) is 16.3 Å². The predicted octanol–water partition coefficient (Wildman–Crippen LogP) is 4.15. The molecule has 1 aliphatic rings. The molecule has 0 saturated carbocycles. The van der Waals surface area contributed by atoms with Gasteiger partial charge in [-0.25, -0.2) is 4.79 Å². The van der Waals surface area contributed by atoms with Gasteiger partial charge in [0, 0.05) is 17.2 Å². The molecule has 1 amide bonds. The molecule has 0 atom stereocenters. The fourth-order valence-electron chi connectivity index (χ4n) is 2.67. The van der Waals surface area contributed by atoms with Crippen molar-refractivity contribution in [3.63, 3.8) is 0 Å². The molecule has 4 nitrogen and oxygen atoms in total. The van der Waals surface area contributed by atoms with E-state index in [0.717, 1.165) is 31.2 Å². The normalized spacial score (nSPS) is 14.1. The van der Waals surface area contributed by atoms with Crippen molar-refractivity contribution in [2.24, 2.45) is 0 Å². The van der Waals surface area contributed by atoms with Crippen molar-refractivity contribution >= 4 is 39.8 Å². The molecular formula is C16H22ClNO3S. The lowest BCUT2D eigenvalue weighted by atomic mass is 10.1. The molecule has 1 aliphatic carbocycles. The third-order valence-corrected chi connectivity index (χ3v) is 5.17. The Kier molecular flexibility index (Phi) is 6.70. The second-order valence-corrected chi connectivity index (χ2v) is 6.81. The maximum Gasteiger partial charge on any atom is 0.341 e. The third kappa shape index (κ3) is 4.23. The van der Waals surface area contributed by atoms with Gasteiger partial charge in [-0.15, -0.1) is 22.9 Å². The monoisotopic (exact) mass is 343 g/mol. The zero-order chi connectivity index (χ0) is 15.9. The van der Waals surface area contributed by atoms with Gasteiger partial charge in [-0.1, -0.05) is 6.42 Å². The average molecular weight is 344 g/mol. The van der Waals surface area contributed by atoms with E-state index in [1.807, 2.05) is 0 Å². The number of amides is 1. The van der Waals surface area contributed by atoms with Crippen molar-refractivity contribution in [2.75, 3.05) is 17.8 Å². The lowest BCUT2D eigenvalue weighted by Gasteiger charge is -2.08. The Morgan fingerprint density at radius 3 is 2.77 bits per heavy atom. The SMILES string of the molecule is CCOC(=O)c1c(NC(=O)CCCCl)sc2c1CCCCC2. The number of halogens is 1. The van der Waals surface area contributed by atoms with Crippen molar-refractivity contribution in [1.29, 1.82) is 0 Å². The number of thiophene rings is 1. The Labute approximate surface area is 140 Å². The molecule has 0 saturated heterocycles. The van der Waals surface area contributed by atoms with Crippen LogP contribution in [-0.4, -0.2) is 24.4 Å². The minimum absolute atomic E-state index is 0.0948. The van der Waals surface area contributed by atoms with E-state index < -0.39 is 0 Å². The minimum Gasteiger partial charge on any atom is -0.462 e. The molecule has 1 aromatic rings. The molecular weight excluding hydrogens is 322 g/mol. The summed E-state index contributed by atoms with van der Waals surface area (Å²) in [4.78, 5) is 25.5. The number of carbonyl (C=O) groups is 2. The fourth-order valence-corrected chi connectivity index (χ4v) is 4.09. The van der Waals surface area contributed by atoms with Crippen LogP contribution in [0, 0.1) is 0 Å². The Balaban J connectivity index is 2.27. The van der Waals surface area contributed by atoms with Crippen LogP contribution in [0.1, 0.15) is 59.8 Å². The Morgan fingerprint density at radius 2 is 2.05 bits per heavy atom. The number of fused-ring (bicyclic) bond motifs is 1. The number of ether oxygens (including phenoxy) is 1. The van der Waals surface area contributed by atoms with Crippen LogP contribution in [0.5, 0.6) is 0 Å². The van der Waals surface area contributed by atoms with Gasteiger partial charge in [0.2, 0.25) is 5.91 Å². The minimum atomic E-state index is -0.324. The molecule has 1 aromatic heterocycles. The summed E-state index contributed by atoms with van der Waals surface area (Å²) in [5.41, 5.74) is 1.65. The van der Waals surface area contributed by atoms with Crippen LogP contribution < -0.4 is 5.32 Å². The van der Waals surface area contributed by atoms with Crippen LogP contribution >= 0.6 is 22.9 Å². The zero-order valence-corrected chi connectivity index (χ0v) is 14.4. The van der Waals surface area contributed by atoms with Gasteiger partial charge in [-0.05, 0) is 44.6 Å².